The highest BCUT2D eigenvalue weighted by Gasteiger charge is 2.26. The van der Waals surface area contributed by atoms with Crippen LogP contribution in [0.4, 0.5) is 8.78 Å². The maximum Gasteiger partial charge on any atom is 0.286 e. The fourth-order valence-electron chi connectivity index (χ4n) is 2.51. The van der Waals surface area contributed by atoms with Crippen molar-refractivity contribution in [3.63, 3.8) is 0 Å². The summed E-state index contributed by atoms with van der Waals surface area (Å²) < 4.78 is 39.3. The minimum Gasteiger partial charge on any atom is -0.381 e. The van der Waals surface area contributed by atoms with Crippen LogP contribution in [0.15, 0.2) is 24.4 Å². The molecule has 0 N–H and O–H groups in total. The van der Waals surface area contributed by atoms with E-state index >= 15 is 0 Å². The van der Waals surface area contributed by atoms with E-state index in [1.807, 2.05) is 0 Å². The van der Waals surface area contributed by atoms with Crippen molar-refractivity contribution in [2.45, 2.75) is 44.9 Å². The molecule has 24 heavy (non-hydrogen) atoms. The third kappa shape index (κ3) is 4.55. The first-order valence-electron chi connectivity index (χ1n) is 7.93. The Kier molecular flexibility index (Phi) is 5.15. The van der Waals surface area contributed by atoms with Crippen LogP contribution in [0.3, 0.4) is 0 Å². The highest BCUT2D eigenvalue weighted by molar-refractivity contribution is 5.15. The number of halogens is 2. The van der Waals surface area contributed by atoms with Crippen LogP contribution in [-0.4, -0.2) is 39.3 Å². The van der Waals surface area contributed by atoms with Gasteiger partial charge in [0.25, 0.3) is 5.92 Å². The predicted molar refractivity (Wildman–Crippen MR) is 81.6 cm³/mol. The van der Waals surface area contributed by atoms with Crippen LogP contribution >= 0.6 is 0 Å². The van der Waals surface area contributed by atoms with Crippen LogP contribution in [0.1, 0.15) is 36.8 Å². The molecule has 3 rings (SSSR count). The molecule has 0 radical (unpaired) electrons. The highest BCUT2D eigenvalue weighted by Crippen LogP contribution is 2.25. The molecule has 1 saturated heterocycles. The van der Waals surface area contributed by atoms with Crippen molar-refractivity contribution in [1.82, 2.24) is 20.0 Å². The number of nitrogens with zero attached hydrogens (tertiary/aromatic N) is 4. The molecule has 0 aliphatic carbocycles. The second-order valence-electron chi connectivity index (χ2n) is 5.93. The summed E-state index contributed by atoms with van der Waals surface area (Å²) >= 11 is 0. The summed E-state index contributed by atoms with van der Waals surface area (Å²) in [5, 5.41) is 8.05. The highest BCUT2D eigenvalue weighted by atomic mass is 19.3. The number of ether oxygens (including phenoxy) is 2. The summed E-state index contributed by atoms with van der Waals surface area (Å²) in [4.78, 5) is 3.98. The van der Waals surface area contributed by atoms with E-state index in [1.165, 1.54) is 6.07 Å². The number of rotatable bonds is 6. The molecule has 2 aromatic heterocycles. The number of hydrogen-bond donors (Lipinski definition) is 0. The summed E-state index contributed by atoms with van der Waals surface area (Å²) in [6.07, 6.45) is 3.71. The Balaban J connectivity index is 1.57. The molecular formula is C16H20F2N4O2. The second kappa shape index (κ2) is 7.31. The van der Waals surface area contributed by atoms with Gasteiger partial charge in [0, 0.05) is 20.1 Å². The van der Waals surface area contributed by atoms with E-state index in [9.17, 15) is 8.78 Å². The van der Waals surface area contributed by atoms with Gasteiger partial charge in [0.15, 0.2) is 0 Å². The van der Waals surface area contributed by atoms with Crippen LogP contribution < -0.4 is 0 Å². The minimum atomic E-state index is -2.96. The Morgan fingerprint density at radius 1 is 1.29 bits per heavy atom. The van der Waals surface area contributed by atoms with Crippen LogP contribution in [0, 0.1) is 0 Å². The molecule has 0 bridgehead atoms. The minimum absolute atomic E-state index is 0.189. The van der Waals surface area contributed by atoms with Crippen molar-refractivity contribution in [3.05, 3.63) is 41.5 Å². The summed E-state index contributed by atoms with van der Waals surface area (Å²) in [6, 6.07) is 4.58. The van der Waals surface area contributed by atoms with Crippen molar-refractivity contribution in [1.29, 1.82) is 0 Å². The van der Waals surface area contributed by atoms with E-state index in [0.717, 1.165) is 33.0 Å². The molecule has 0 spiro atoms. The van der Waals surface area contributed by atoms with Gasteiger partial charge in [-0.15, -0.1) is 5.10 Å². The Labute approximate surface area is 138 Å². The van der Waals surface area contributed by atoms with Gasteiger partial charge < -0.3 is 9.47 Å². The topological polar surface area (TPSA) is 62.1 Å². The SMILES string of the molecule is CC(F)(F)c1cccc(Cn2cc(COC3CCOCC3)nn2)n1. The standard InChI is InChI=1S/C16H20F2N4O2/c1-16(17,18)15-4-2-3-12(19-15)9-22-10-13(20-21-22)11-24-14-5-7-23-8-6-14/h2-4,10,14H,5-9,11H2,1H3. The van der Waals surface area contributed by atoms with Gasteiger partial charge in [-0.3, -0.25) is 0 Å². The van der Waals surface area contributed by atoms with Gasteiger partial charge in [-0.05, 0) is 25.0 Å². The third-order valence-electron chi connectivity index (χ3n) is 3.80. The zero-order chi connectivity index (χ0) is 17.0. The average molecular weight is 338 g/mol. The second-order valence-corrected chi connectivity index (χ2v) is 5.93. The Morgan fingerprint density at radius 3 is 2.83 bits per heavy atom. The lowest BCUT2D eigenvalue weighted by Crippen LogP contribution is -2.23. The molecule has 0 saturated carbocycles. The first-order chi connectivity index (χ1) is 11.5. The normalized spacial score (nSPS) is 16.5. The fraction of sp³-hybridized carbons (Fsp3) is 0.562. The third-order valence-corrected chi connectivity index (χ3v) is 3.80. The van der Waals surface area contributed by atoms with Gasteiger partial charge in [0.2, 0.25) is 0 Å². The van der Waals surface area contributed by atoms with E-state index in [0.29, 0.717) is 18.0 Å². The first kappa shape index (κ1) is 16.9. The first-order valence-corrected chi connectivity index (χ1v) is 7.93. The fourth-order valence-corrected chi connectivity index (χ4v) is 2.51. The average Bonchev–Trinajstić information content (AvgIpc) is 3.01. The number of hydrogen-bond acceptors (Lipinski definition) is 5. The Hall–Kier alpha value is -1.93. The van der Waals surface area contributed by atoms with Gasteiger partial charge in [-0.25, -0.2) is 9.67 Å². The van der Waals surface area contributed by atoms with Crippen molar-refractivity contribution in [3.8, 4) is 0 Å². The molecule has 2 aromatic rings. The lowest BCUT2D eigenvalue weighted by atomic mass is 10.1. The smallest absolute Gasteiger partial charge is 0.286 e. The maximum absolute atomic E-state index is 13.3. The van der Waals surface area contributed by atoms with Crippen molar-refractivity contribution >= 4 is 0 Å². The number of pyridine rings is 1. The molecule has 6 nitrogen and oxygen atoms in total. The van der Waals surface area contributed by atoms with E-state index in [2.05, 4.69) is 15.3 Å². The summed E-state index contributed by atoms with van der Waals surface area (Å²) in [7, 11) is 0. The van der Waals surface area contributed by atoms with Gasteiger partial charge >= 0.3 is 0 Å². The zero-order valence-electron chi connectivity index (χ0n) is 13.5. The van der Waals surface area contributed by atoms with Gasteiger partial charge in [0.1, 0.15) is 11.4 Å². The lowest BCUT2D eigenvalue weighted by molar-refractivity contribution is -0.0399. The quantitative estimate of drug-likeness (QED) is 0.810. The molecule has 1 fully saturated rings. The summed E-state index contributed by atoms with van der Waals surface area (Å²) in [5.74, 6) is -2.96. The van der Waals surface area contributed by atoms with Gasteiger partial charge in [-0.1, -0.05) is 11.3 Å². The molecule has 1 aliphatic rings. The van der Waals surface area contributed by atoms with E-state index < -0.39 is 5.92 Å². The van der Waals surface area contributed by atoms with E-state index in [4.69, 9.17) is 9.47 Å². The van der Waals surface area contributed by atoms with Gasteiger partial charge in [0.05, 0.1) is 31.1 Å². The van der Waals surface area contributed by atoms with Crippen LogP contribution in [0.2, 0.25) is 0 Å². The largest absolute Gasteiger partial charge is 0.381 e. The van der Waals surface area contributed by atoms with Crippen LogP contribution in [0.25, 0.3) is 0 Å². The Bertz CT molecular complexity index is 666. The van der Waals surface area contributed by atoms with Crippen LogP contribution in [0.5, 0.6) is 0 Å². The molecule has 130 valence electrons. The maximum atomic E-state index is 13.3. The van der Waals surface area contributed by atoms with Crippen molar-refractivity contribution in [2.75, 3.05) is 13.2 Å². The van der Waals surface area contributed by atoms with Crippen LogP contribution in [-0.2, 0) is 28.5 Å². The number of alkyl halides is 2. The Morgan fingerprint density at radius 2 is 2.08 bits per heavy atom. The molecule has 0 atom stereocenters. The molecule has 3 heterocycles. The van der Waals surface area contributed by atoms with Crippen molar-refractivity contribution in [2.24, 2.45) is 0 Å². The summed E-state index contributed by atoms with van der Waals surface area (Å²) in [6.45, 7) is 2.95. The molecule has 0 aromatic carbocycles. The predicted octanol–water partition coefficient (Wildman–Crippen LogP) is 2.53. The number of aromatic nitrogens is 4. The van der Waals surface area contributed by atoms with E-state index in [1.54, 1.807) is 23.0 Å². The molecule has 8 heteroatoms. The molecular weight excluding hydrogens is 318 g/mol. The molecule has 0 amide bonds. The molecule has 1 aliphatic heterocycles. The van der Waals surface area contributed by atoms with Gasteiger partial charge in [-0.2, -0.15) is 8.78 Å². The summed E-state index contributed by atoms with van der Waals surface area (Å²) in [5.41, 5.74) is 0.970. The van der Waals surface area contributed by atoms with Crippen molar-refractivity contribution < 1.29 is 18.3 Å². The van der Waals surface area contributed by atoms with E-state index in [-0.39, 0.29) is 18.3 Å². The lowest BCUT2D eigenvalue weighted by Gasteiger charge is -2.21. The monoisotopic (exact) mass is 338 g/mol. The molecule has 0 unspecified atom stereocenters. The zero-order valence-corrected chi connectivity index (χ0v) is 13.5.